The van der Waals surface area contributed by atoms with Crippen molar-refractivity contribution in [3.63, 3.8) is 0 Å². The monoisotopic (exact) mass is 310 g/mol. The van der Waals surface area contributed by atoms with Crippen LogP contribution in [0.4, 0.5) is 18.0 Å². The molecular formula is C13H21F3N2O3. The predicted octanol–water partition coefficient (Wildman–Crippen LogP) is 2.71. The Bertz CT molecular complexity index is 381. The number of urea groups is 1. The van der Waals surface area contributed by atoms with Crippen LogP contribution in [0.2, 0.25) is 0 Å². The van der Waals surface area contributed by atoms with Gasteiger partial charge in [-0.25, -0.2) is 4.79 Å². The van der Waals surface area contributed by atoms with Crippen molar-refractivity contribution >= 4 is 12.0 Å². The fourth-order valence-electron chi connectivity index (χ4n) is 2.07. The number of carbonyl (C=O) groups excluding carboxylic acids is 1. The summed E-state index contributed by atoms with van der Waals surface area (Å²) in [5, 5.41) is 8.60. The van der Waals surface area contributed by atoms with Gasteiger partial charge >= 0.3 is 18.2 Å². The van der Waals surface area contributed by atoms with Gasteiger partial charge < -0.3 is 14.9 Å². The first-order valence-corrected chi connectivity index (χ1v) is 6.97. The summed E-state index contributed by atoms with van der Waals surface area (Å²) in [5.41, 5.74) is 0. The van der Waals surface area contributed by atoms with Crippen LogP contribution >= 0.6 is 0 Å². The third-order valence-corrected chi connectivity index (χ3v) is 3.24. The summed E-state index contributed by atoms with van der Waals surface area (Å²) in [6, 6.07) is -1.28. The minimum absolute atomic E-state index is 0.112. The number of halogens is 3. The largest absolute Gasteiger partial charge is 0.481 e. The molecule has 1 fully saturated rings. The Morgan fingerprint density at radius 1 is 1.29 bits per heavy atom. The number of aliphatic carboxylic acids is 1. The first kappa shape index (κ1) is 17.6. The van der Waals surface area contributed by atoms with Crippen molar-refractivity contribution in [2.75, 3.05) is 13.1 Å². The molecule has 1 aliphatic carbocycles. The maximum Gasteiger partial charge on any atom is 0.406 e. The minimum atomic E-state index is -4.43. The fraction of sp³-hybridized carbons (Fsp3) is 0.846. The van der Waals surface area contributed by atoms with Crippen molar-refractivity contribution in [3.05, 3.63) is 0 Å². The van der Waals surface area contributed by atoms with Crippen molar-refractivity contribution in [3.8, 4) is 0 Å². The Morgan fingerprint density at radius 3 is 2.24 bits per heavy atom. The highest BCUT2D eigenvalue weighted by Gasteiger charge is 2.42. The molecule has 0 radical (unpaired) electrons. The Balaban J connectivity index is 2.69. The normalized spacial score (nSPS) is 15.1. The van der Waals surface area contributed by atoms with Gasteiger partial charge in [0, 0.05) is 25.0 Å². The molecular weight excluding hydrogens is 289 g/mol. The van der Waals surface area contributed by atoms with E-state index in [0.29, 0.717) is 12.8 Å². The van der Waals surface area contributed by atoms with Crippen LogP contribution < -0.4 is 0 Å². The molecule has 1 aliphatic rings. The molecule has 0 aromatic carbocycles. The number of nitrogens with zero attached hydrogens (tertiary/aromatic N) is 2. The van der Waals surface area contributed by atoms with Gasteiger partial charge in [-0.2, -0.15) is 13.2 Å². The third-order valence-electron chi connectivity index (χ3n) is 3.24. The second-order valence-electron chi connectivity index (χ2n) is 5.54. The Labute approximate surface area is 121 Å². The lowest BCUT2D eigenvalue weighted by Gasteiger charge is -2.33. The van der Waals surface area contributed by atoms with E-state index in [9.17, 15) is 22.8 Å². The van der Waals surface area contributed by atoms with E-state index in [1.54, 1.807) is 13.8 Å². The molecule has 0 aromatic heterocycles. The molecule has 2 amide bonds. The van der Waals surface area contributed by atoms with E-state index in [0.717, 1.165) is 4.90 Å². The third kappa shape index (κ3) is 6.22. The second kappa shape index (κ2) is 7.00. The molecule has 5 nitrogen and oxygen atoms in total. The average molecular weight is 310 g/mol. The Kier molecular flexibility index (Phi) is 5.86. The number of hydrogen-bond donors (Lipinski definition) is 1. The molecule has 0 atom stereocenters. The van der Waals surface area contributed by atoms with Crippen LogP contribution in [0.5, 0.6) is 0 Å². The molecule has 0 bridgehead atoms. The van der Waals surface area contributed by atoms with Crippen LogP contribution in [0.15, 0.2) is 0 Å². The minimum Gasteiger partial charge on any atom is -0.481 e. The summed E-state index contributed by atoms with van der Waals surface area (Å²) in [7, 11) is 0. The molecule has 122 valence electrons. The van der Waals surface area contributed by atoms with Gasteiger partial charge in [0.25, 0.3) is 0 Å². The van der Waals surface area contributed by atoms with Gasteiger partial charge in [-0.05, 0) is 33.1 Å². The van der Waals surface area contributed by atoms with E-state index in [4.69, 9.17) is 5.11 Å². The summed E-state index contributed by atoms with van der Waals surface area (Å²) in [6.45, 7) is 2.30. The molecule has 1 saturated carbocycles. The maximum atomic E-state index is 12.6. The number of carboxylic acid groups (broad SMARTS) is 1. The fourth-order valence-corrected chi connectivity index (χ4v) is 2.07. The first-order chi connectivity index (χ1) is 9.61. The second-order valence-corrected chi connectivity index (χ2v) is 5.54. The Hall–Kier alpha value is -1.47. The van der Waals surface area contributed by atoms with Crippen LogP contribution in [-0.4, -0.2) is 58.3 Å². The van der Waals surface area contributed by atoms with Crippen LogP contribution in [0.3, 0.4) is 0 Å². The molecule has 0 unspecified atom stereocenters. The van der Waals surface area contributed by atoms with Crippen LogP contribution in [0.25, 0.3) is 0 Å². The average Bonchev–Trinajstić information content (AvgIpc) is 3.13. The number of carbonyl (C=O) groups is 2. The molecule has 0 saturated heterocycles. The lowest BCUT2D eigenvalue weighted by molar-refractivity contribution is -0.142. The molecule has 0 aliphatic heterocycles. The Morgan fingerprint density at radius 2 is 1.86 bits per heavy atom. The van der Waals surface area contributed by atoms with Gasteiger partial charge in [-0.15, -0.1) is 0 Å². The number of rotatable bonds is 7. The molecule has 0 spiro atoms. The molecule has 0 heterocycles. The summed E-state index contributed by atoms with van der Waals surface area (Å²) >= 11 is 0. The SMILES string of the molecule is CC(C)N(CCCC(=O)O)C(=O)N(CC(F)(F)F)C1CC1. The number of hydrogen-bond acceptors (Lipinski definition) is 2. The van der Waals surface area contributed by atoms with E-state index in [1.165, 1.54) is 4.90 Å². The van der Waals surface area contributed by atoms with Gasteiger partial charge in [-0.3, -0.25) is 4.79 Å². The van der Waals surface area contributed by atoms with E-state index >= 15 is 0 Å². The van der Waals surface area contributed by atoms with Crippen molar-refractivity contribution in [2.45, 2.75) is 57.8 Å². The quantitative estimate of drug-likeness (QED) is 0.786. The number of amides is 2. The number of carboxylic acids is 1. The molecule has 1 rings (SSSR count). The first-order valence-electron chi connectivity index (χ1n) is 6.97. The predicted molar refractivity (Wildman–Crippen MR) is 69.9 cm³/mol. The van der Waals surface area contributed by atoms with Gasteiger partial charge in [0.05, 0.1) is 0 Å². The zero-order valence-corrected chi connectivity index (χ0v) is 12.2. The summed E-state index contributed by atoms with van der Waals surface area (Å²) in [5.74, 6) is -0.986. The summed E-state index contributed by atoms with van der Waals surface area (Å²) in [4.78, 5) is 25.0. The van der Waals surface area contributed by atoms with Gasteiger partial charge in [0.15, 0.2) is 0 Å². The standard InChI is InChI=1S/C13H21F3N2O3/c1-9(2)17(7-3-4-11(19)20)12(21)18(10-5-6-10)8-13(14,15)16/h9-10H,3-8H2,1-2H3,(H,19,20). The zero-order valence-electron chi connectivity index (χ0n) is 12.2. The summed E-state index contributed by atoms with van der Waals surface area (Å²) < 4.78 is 37.8. The van der Waals surface area contributed by atoms with Crippen molar-refractivity contribution in [2.24, 2.45) is 0 Å². The number of alkyl halides is 3. The lowest BCUT2D eigenvalue weighted by Crippen LogP contribution is -2.50. The van der Waals surface area contributed by atoms with E-state index < -0.39 is 24.7 Å². The van der Waals surface area contributed by atoms with Crippen molar-refractivity contribution in [1.82, 2.24) is 9.80 Å². The molecule has 1 N–H and O–H groups in total. The van der Waals surface area contributed by atoms with E-state index in [2.05, 4.69) is 0 Å². The zero-order chi connectivity index (χ0) is 16.2. The van der Waals surface area contributed by atoms with E-state index in [-0.39, 0.29) is 31.5 Å². The molecule has 0 aromatic rings. The topological polar surface area (TPSA) is 60.9 Å². The van der Waals surface area contributed by atoms with Gasteiger partial charge in [-0.1, -0.05) is 0 Å². The maximum absolute atomic E-state index is 12.6. The lowest BCUT2D eigenvalue weighted by atomic mass is 10.2. The van der Waals surface area contributed by atoms with Crippen LogP contribution in [0, 0.1) is 0 Å². The van der Waals surface area contributed by atoms with Crippen LogP contribution in [0.1, 0.15) is 39.5 Å². The molecule has 8 heteroatoms. The van der Waals surface area contributed by atoms with E-state index in [1.807, 2.05) is 0 Å². The highest BCUT2D eigenvalue weighted by atomic mass is 19.4. The molecule has 21 heavy (non-hydrogen) atoms. The van der Waals surface area contributed by atoms with Crippen molar-refractivity contribution in [1.29, 1.82) is 0 Å². The summed E-state index contributed by atoms with van der Waals surface area (Å²) in [6.07, 6.45) is -3.14. The highest BCUT2D eigenvalue weighted by Crippen LogP contribution is 2.31. The highest BCUT2D eigenvalue weighted by molar-refractivity contribution is 5.75. The van der Waals surface area contributed by atoms with Crippen molar-refractivity contribution < 1.29 is 27.9 Å². The van der Waals surface area contributed by atoms with Crippen LogP contribution in [-0.2, 0) is 4.79 Å². The van der Waals surface area contributed by atoms with Gasteiger partial charge in [0.2, 0.25) is 0 Å². The van der Waals surface area contributed by atoms with Gasteiger partial charge in [0.1, 0.15) is 6.54 Å². The smallest absolute Gasteiger partial charge is 0.406 e.